The van der Waals surface area contributed by atoms with E-state index >= 15 is 0 Å². The molecule has 1 heterocycles. The van der Waals surface area contributed by atoms with E-state index in [9.17, 15) is 18.0 Å². The summed E-state index contributed by atoms with van der Waals surface area (Å²) < 4.78 is 41.4. The Morgan fingerprint density at radius 3 is 2.39 bits per heavy atom. The average molecular weight is 544 g/mol. The van der Waals surface area contributed by atoms with Crippen molar-refractivity contribution in [1.29, 1.82) is 0 Å². The van der Waals surface area contributed by atoms with Crippen molar-refractivity contribution >= 4 is 34.8 Å². The number of hydrogen-bond acceptors (Lipinski definition) is 4. The van der Waals surface area contributed by atoms with Crippen LogP contribution in [0.4, 0.5) is 35.2 Å². The molecule has 38 heavy (non-hydrogen) atoms. The first-order valence-electron chi connectivity index (χ1n) is 12.0. The number of carbonyl (C=O) groups is 1. The monoisotopic (exact) mass is 543 g/mol. The molecule has 0 spiro atoms. The van der Waals surface area contributed by atoms with Crippen LogP contribution >= 0.6 is 11.6 Å². The third-order valence-corrected chi connectivity index (χ3v) is 6.06. The molecule has 3 rings (SSSR count). The lowest BCUT2D eigenvalue weighted by Crippen LogP contribution is -2.25. The SMILES string of the molecule is CCCN(CC)Cc1ccc(NC(=O)Nc2ccc(C)c(C#Cc3cnc(N)c(Cl)c3)c2)cc1C(F)(F)F. The summed E-state index contributed by atoms with van der Waals surface area (Å²) in [4.78, 5) is 18.5. The Hall–Kier alpha value is -3.74. The molecule has 1 aromatic heterocycles. The fourth-order valence-corrected chi connectivity index (χ4v) is 3.91. The van der Waals surface area contributed by atoms with E-state index in [-0.39, 0.29) is 23.6 Å². The number of amides is 2. The van der Waals surface area contributed by atoms with E-state index in [4.69, 9.17) is 17.3 Å². The Kier molecular flexibility index (Phi) is 9.61. The van der Waals surface area contributed by atoms with Gasteiger partial charge in [-0.3, -0.25) is 4.90 Å². The number of aromatic nitrogens is 1. The third kappa shape index (κ3) is 7.88. The highest BCUT2D eigenvalue weighted by Crippen LogP contribution is 2.34. The topological polar surface area (TPSA) is 83.3 Å². The van der Waals surface area contributed by atoms with Gasteiger partial charge in [-0.1, -0.05) is 49.4 Å². The Morgan fingerprint density at radius 2 is 1.76 bits per heavy atom. The first-order chi connectivity index (χ1) is 18.0. The van der Waals surface area contributed by atoms with E-state index in [1.807, 2.05) is 25.7 Å². The molecule has 10 heteroatoms. The zero-order valence-corrected chi connectivity index (χ0v) is 22.1. The van der Waals surface area contributed by atoms with Crippen LogP contribution in [-0.4, -0.2) is 29.0 Å². The number of urea groups is 1. The number of nitrogen functional groups attached to an aromatic ring is 1. The van der Waals surface area contributed by atoms with Gasteiger partial charge in [-0.2, -0.15) is 13.2 Å². The maximum absolute atomic E-state index is 13.8. The minimum absolute atomic E-state index is 0.0389. The van der Waals surface area contributed by atoms with Gasteiger partial charge in [0, 0.05) is 35.2 Å². The fraction of sp³-hybridized carbons (Fsp3) is 0.286. The molecule has 0 atom stereocenters. The number of nitrogens with two attached hydrogens (primary N) is 1. The number of benzene rings is 2. The van der Waals surface area contributed by atoms with Gasteiger partial charge in [0.1, 0.15) is 5.82 Å². The highest BCUT2D eigenvalue weighted by atomic mass is 35.5. The Labute approximate surface area is 225 Å². The van der Waals surface area contributed by atoms with Crippen LogP contribution in [0.2, 0.25) is 5.02 Å². The number of anilines is 3. The minimum Gasteiger partial charge on any atom is -0.382 e. The van der Waals surface area contributed by atoms with Crippen LogP contribution in [0.15, 0.2) is 48.7 Å². The van der Waals surface area contributed by atoms with E-state index in [1.54, 1.807) is 24.3 Å². The van der Waals surface area contributed by atoms with Crippen molar-refractivity contribution in [2.24, 2.45) is 0 Å². The van der Waals surface area contributed by atoms with E-state index < -0.39 is 17.8 Å². The molecule has 0 aliphatic rings. The number of alkyl halides is 3. The fourth-order valence-electron chi connectivity index (χ4n) is 3.75. The molecule has 4 N–H and O–H groups in total. The quantitative estimate of drug-likeness (QED) is 0.282. The standard InChI is InChI=1S/C28H29ClF3N5O/c1-4-12-37(5-2)17-21-9-11-23(15-24(21)28(30,31)32)36-27(38)35-22-10-6-18(3)20(14-22)8-7-19-13-25(29)26(33)34-16-19/h6,9-11,13-16H,4-5,12,17H2,1-3H3,(H2,33,34)(H2,35,36,38). The summed E-state index contributed by atoms with van der Waals surface area (Å²) in [6.45, 7) is 7.27. The Morgan fingerprint density at radius 1 is 1.08 bits per heavy atom. The van der Waals surface area contributed by atoms with Gasteiger partial charge in [0.05, 0.1) is 10.6 Å². The van der Waals surface area contributed by atoms with Crippen molar-refractivity contribution in [3.63, 3.8) is 0 Å². The van der Waals surface area contributed by atoms with Crippen LogP contribution in [0.3, 0.4) is 0 Å². The van der Waals surface area contributed by atoms with E-state index in [1.165, 1.54) is 18.3 Å². The molecule has 200 valence electrons. The molecule has 0 aliphatic carbocycles. The minimum atomic E-state index is -4.55. The second-order valence-corrected chi connectivity index (χ2v) is 9.10. The van der Waals surface area contributed by atoms with Gasteiger partial charge < -0.3 is 16.4 Å². The smallest absolute Gasteiger partial charge is 0.382 e. The lowest BCUT2D eigenvalue weighted by Gasteiger charge is -2.22. The molecule has 0 saturated heterocycles. The molecule has 0 bridgehead atoms. The van der Waals surface area contributed by atoms with Crippen LogP contribution in [-0.2, 0) is 12.7 Å². The number of nitrogens with one attached hydrogen (secondary N) is 2. The van der Waals surface area contributed by atoms with Gasteiger partial charge in [0.25, 0.3) is 0 Å². The zero-order chi connectivity index (χ0) is 27.9. The molecule has 0 aliphatic heterocycles. The average Bonchev–Trinajstić information content (AvgIpc) is 2.86. The number of halogens is 4. The summed E-state index contributed by atoms with van der Waals surface area (Å²) in [6.07, 6.45) is -2.21. The summed E-state index contributed by atoms with van der Waals surface area (Å²) in [5, 5.41) is 5.44. The number of carbonyl (C=O) groups excluding carboxylic acids is 1. The van der Waals surface area contributed by atoms with Gasteiger partial charge in [-0.15, -0.1) is 0 Å². The summed E-state index contributed by atoms with van der Waals surface area (Å²) in [7, 11) is 0. The van der Waals surface area contributed by atoms with Gasteiger partial charge in [0.15, 0.2) is 0 Å². The van der Waals surface area contributed by atoms with E-state index in [0.29, 0.717) is 34.9 Å². The normalized spacial score (nSPS) is 11.2. The van der Waals surface area contributed by atoms with Gasteiger partial charge in [-0.05, 0) is 67.9 Å². The van der Waals surface area contributed by atoms with Crippen molar-refractivity contribution in [3.05, 3.63) is 81.5 Å². The molecule has 0 saturated carbocycles. The summed E-state index contributed by atoms with van der Waals surface area (Å²) >= 11 is 5.99. The summed E-state index contributed by atoms with van der Waals surface area (Å²) in [5.41, 5.74) is 7.57. The van der Waals surface area contributed by atoms with Gasteiger partial charge >= 0.3 is 12.2 Å². The van der Waals surface area contributed by atoms with Crippen LogP contribution in [0.25, 0.3) is 0 Å². The van der Waals surface area contributed by atoms with E-state index in [0.717, 1.165) is 18.1 Å². The van der Waals surface area contributed by atoms with Crippen LogP contribution in [0, 0.1) is 18.8 Å². The van der Waals surface area contributed by atoms with Crippen LogP contribution in [0.1, 0.15) is 48.1 Å². The van der Waals surface area contributed by atoms with Crippen molar-refractivity contribution in [2.45, 2.75) is 39.9 Å². The highest BCUT2D eigenvalue weighted by molar-refractivity contribution is 6.32. The van der Waals surface area contributed by atoms with Crippen molar-refractivity contribution in [3.8, 4) is 11.8 Å². The van der Waals surface area contributed by atoms with Crippen molar-refractivity contribution in [2.75, 3.05) is 29.5 Å². The van der Waals surface area contributed by atoms with Crippen molar-refractivity contribution in [1.82, 2.24) is 9.88 Å². The lowest BCUT2D eigenvalue weighted by molar-refractivity contribution is -0.138. The number of hydrogen-bond donors (Lipinski definition) is 3. The number of aryl methyl sites for hydroxylation is 1. The number of nitrogens with zero attached hydrogens (tertiary/aromatic N) is 2. The molecule has 2 amide bonds. The maximum atomic E-state index is 13.8. The molecular weight excluding hydrogens is 515 g/mol. The molecule has 0 unspecified atom stereocenters. The second-order valence-electron chi connectivity index (χ2n) is 8.69. The van der Waals surface area contributed by atoms with Gasteiger partial charge in [-0.25, -0.2) is 9.78 Å². The molecule has 0 radical (unpaired) electrons. The lowest BCUT2D eigenvalue weighted by atomic mass is 10.0. The molecular formula is C28H29ClF3N5O. The highest BCUT2D eigenvalue weighted by Gasteiger charge is 2.34. The van der Waals surface area contributed by atoms with Crippen molar-refractivity contribution < 1.29 is 18.0 Å². The predicted molar refractivity (Wildman–Crippen MR) is 146 cm³/mol. The van der Waals surface area contributed by atoms with Crippen LogP contribution < -0.4 is 16.4 Å². The zero-order valence-electron chi connectivity index (χ0n) is 21.3. The largest absolute Gasteiger partial charge is 0.416 e. The molecule has 6 nitrogen and oxygen atoms in total. The summed E-state index contributed by atoms with van der Waals surface area (Å²) in [5.74, 6) is 6.17. The summed E-state index contributed by atoms with van der Waals surface area (Å²) in [6, 6.07) is 9.91. The Balaban J connectivity index is 1.76. The first kappa shape index (κ1) is 28.8. The van der Waals surface area contributed by atoms with Crippen LogP contribution in [0.5, 0.6) is 0 Å². The molecule has 2 aromatic carbocycles. The van der Waals surface area contributed by atoms with Gasteiger partial charge in [0.2, 0.25) is 0 Å². The number of rotatable bonds is 7. The molecule has 3 aromatic rings. The number of pyridine rings is 1. The first-order valence-corrected chi connectivity index (χ1v) is 12.4. The predicted octanol–water partition coefficient (Wildman–Crippen LogP) is 6.92. The maximum Gasteiger partial charge on any atom is 0.416 e. The van der Waals surface area contributed by atoms with E-state index in [2.05, 4.69) is 27.5 Å². The second kappa shape index (κ2) is 12.7. The third-order valence-electron chi connectivity index (χ3n) is 5.76. The molecule has 0 fully saturated rings. The Bertz CT molecular complexity index is 1360.